The number of nitrogens with zero attached hydrogens (tertiary/aromatic N) is 5. The average Bonchev–Trinajstić information content (AvgIpc) is 1.78. The van der Waals surface area contributed by atoms with Gasteiger partial charge in [-0.05, 0) is 101 Å². The highest BCUT2D eigenvalue weighted by Gasteiger charge is 2.46. The van der Waals surface area contributed by atoms with E-state index in [1.165, 1.54) is 23.0 Å². The fraction of sp³-hybridized carbons (Fsp3) is 0.527. The average molecular weight is 1170 g/mol. The molecule has 0 spiro atoms. The van der Waals surface area contributed by atoms with Crippen LogP contribution in [0.4, 0.5) is 17.6 Å². The Kier molecular flexibility index (Phi) is 23.1. The second-order valence-corrected chi connectivity index (χ2v) is 21.9. The van der Waals surface area contributed by atoms with E-state index in [4.69, 9.17) is 24.4 Å². The van der Waals surface area contributed by atoms with Crippen molar-refractivity contribution in [2.75, 3.05) is 45.8 Å². The van der Waals surface area contributed by atoms with Crippen molar-refractivity contribution < 1.29 is 74.4 Å². The molecule has 0 aliphatic carbocycles. The van der Waals surface area contributed by atoms with Crippen LogP contribution < -0.4 is 26.8 Å². The number of aliphatic carboxylic acids is 1. The molecule has 4 amide bonds. The summed E-state index contributed by atoms with van der Waals surface area (Å²) < 4.78 is 82.4. The van der Waals surface area contributed by atoms with Gasteiger partial charge in [0.25, 0.3) is 5.56 Å². The zero-order chi connectivity index (χ0) is 60.7. The van der Waals surface area contributed by atoms with Crippen molar-refractivity contribution >= 4 is 56.3 Å². The third kappa shape index (κ3) is 17.1. The monoisotopic (exact) mass is 1170 g/mol. The maximum atomic E-state index is 15.0. The van der Waals surface area contributed by atoms with Crippen LogP contribution in [0.5, 0.6) is 0 Å². The molecule has 3 atom stereocenters. The molecule has 3 aromatic heterocycles. The van der Waals surface area contributed by atoms with Gasteiger partial charge in [-0.1, -0.05) is 46.5 Å². The zero-order valence-electron chi connectivity index (χ0n) is 46.7. The molecule has 2 aliphatic heterocycles. The van der Waals surface area contributed by atoms with Gasteiger partial charge < -0.3 is 50.4 Å². The molecule has 2 unspecified atom stereocenters. The highest BCUT2D eigenvalue weighted by atomic mass is 32.2. The van der Waals surface area contributed by atoms with Crippen LogP contribution in [0.25, 0.3) is 22.3 Å². The van der Waals surface area contributed by atoms with Crippen molar-refractivity contribution in [3.05, 3.63) is 80.1 Å². The van der Waals surface area contributed by atoms with Crippen molar-refractivity contribution in [2.24, 2.45) is 5.92 Å². The largest absolute Gasteiger partial charge is 0.490 e. The van der Waals surface area contributed by atoms with Crippen molar-refractivity contribution in [1.29, 1.82) is 0 Å². The molecule has 5 heterocycles. The fourth-order valence-corrected chi connectivity index (χ4v) is 9.58. The lowest BCUT2D eigenvalue weighted by molar-refractivity contribution is -0.192. The molecule has 6 N–H and O–H groups in total. The molecule has 0 fully saturated rings. The number of halogens is 4. The number of esters is 1. The van der Waals surface area contributed by atoms with Gasteiger partial charge in [0.1, 0.15) is 31.2 Å². The van der Waals surface area contributed by atoms with Crippen LogP contribution in [-0.4, -0.2) is 143 Å². The number of nitrogens with one attached hydrogen (secondary N) is 4. The molecule has 4 aromatic rings. The highest BCUT2D eigenvalue weighted by Crippen LogP contribution is 2.41. The van der Waals surface area contributed by atoms with E-state index in [0.29, 0.717) is 65.5 Å². The number of amides is 4. The predicted molar refractivity (Wildman–Crippen MR) is 289 cm³/mol. The van der Waals surface area contributed by atoms with Gasteiger partial charge in [0, 0.05) is 60.7 Å². The molecule has 6 rings (SSSR count). The van der Waals surface area contributed by atoms with Crippen LogP contribution >= 0.6 is 0 Å². The van der Waals surface area contributed by atoms with E-state index >= 15 is 0 Å². The minimum absolute atomic E-state index is 0.0115. The molecule has 82 heavy (non-hydrogen) atoms. The highest BCUT2D eigenvalue weighted by molar-refractivity contribution is 7.90. The number of benzene rings is 1. The van der Waals surface area contributed by atoms with Gasteiger partial charge in [-0.15, -0.1) is 0 Å². The van der Waals surface area contributed by atoms with E-state index in [2.05, 4.69) is 61.8 Å². The van der Waals surface area contributed by atoms with Gasteiger partial charge in [0.05, 0.1) is 41.1 Å². The first kappa shape index (κ1) is 65.4. The number of alkyl halides is 3. The molecular weight excluding hydrogens is 1100 g/mol. The third-order valence-corrected chi connectivity index (χ3v) is 14.6. The van der Waals surface area contributed by atoms with Gasteiger partial charge in [-0.3, -0.25) is 24.0 Å². The van der Waals surface area contributed by atoms with Crippen LogP contribution in [0.2, 0.25) is 0 Å². The van der Waals surface area contributed by atoms with E-state index in [1.807, 2.05) is 0 Å². The predicted octanol–water partition coefficient (Wildman–Crippen LogP) is 3.85. The SMILES string of the molecule is CCN(CC)CCCCC(NC(=O)C(NC(=O)CCCC#Cc1cnc(S(C)(=O)=O)nc1)C(C)C)C(=O)NCC(=O)NCOCCCc1c2c(nc3cc(F)c(C)cc13)-c1cc3c(c(=O)n1C2)COC(=O)[C@]3(O)CC.O=C(O)C(F)(F)F. The second-order valence-electron chi connectivity index (χ2n) is 20.0. The summed E-state index contributed by atoms with van der Waals surface area (Å²) in [5, 5.41) is 29.7. The maximum absolute atomic E-state index is 15.0. The molecule has 446 valence electrons. The summed E-state index contributed by atoms with van der Waals surface area (Å²) in [6.07, 6.45) is 1.87. The van der Waals surface area contributed by atoms with E-state index < -0.39 is 81.3 Å². The Morgan fingerprint density at radius 2 is 1.63 bits per heavy atom. The fourth-order valence-electron chi connectivity index (χ4n) is 9.09. The number of carbonyl (C=O) groups is 6. The number of cyclic esters (lactones) is 1. The normalized spacial score (nSPS) is 15.2. The number of unbranched alkanes of at least 4 members (excludes halogenated alkanes) is 2. The van der Waals surface area contributed by atoms with Crippen molar-refractivity contribution in [2.45, 2.75) is 141 Å². The minimum atomic E-state index is -5.08. The summed E-state index contributed by atoms with van der Waals surface area (Å²) in [6, 6.07) is 2.73. The number of aliphatic hydroxyl groups is 1. The molecule has 0 saturated carbocycles. The summed E-state index contributed by atoms with van der Waals surface area (Å²) in [5.74, 6) is -0.640. The summed E-state index contributed by atoms with van der Waals surface area (Å²) in [4.78, 5) is 103. The molecule has 0 saturated heterocycles. The number of aromatic nitrogens is 4. The van der Waals surface area contributed by atoms with Crippen LogP contribution in [0.3, 0.4) is 0 Å². The topological polar surface area (TPSA) is 308 Å². The number of carboxylic acid groups (broad SMARTS) is 1. The standard InChI is InChI=1S/C53H68FN9O11S.C2HF3O2/c1-8-53(70)39-24-43-47-37(29-63(43)50(68)38(39)30-74-51(53)69)35(36-23-33(6)40(54)25-42(36)59-47)18-16-22-73-31-58-45(65)28-55-48(66)41(19-14-15-21-62(9-2)10-3)60-49(67)46(32(4)5)61-44(64)20-13-11-12-17-34-26-56-52(57-27-34)75(7,71)72;3-2(4,5)1(6)7/h23-27,32,41,46,70H,8-11,13-16,18-22,28-31H2,1-7H3,(H,55,66)(H,58,65)(H,60,67)(H,61,64);(H,6,7)/t41?,46?,53-;/m0./s1. The summed E-state index contributed by atoms with van der Waals surface area (Å²) >= 11 is 0. The van der Waals surface area contributed by atoms with Gasteiger partial charge in [0.15, 0.2) is 5.60 Å². The summed E-state index contributed by atoms with van der Waals surface area (Å²) in [6.45, 7) is 13.0. The van der Waals surface area contributed by atoms with E-state index in [-0.39, 0.29) is 73.9 Å². The maximum Gasteiger partial charge on any atom is 0.490 e. The van der Waals surface area contributed by atoms with Crippen LogP contribution in [-0.2, 0) is 73.3 Å². The number of carbonyl (C=O) groups excluding carboxylic acids is 5. The lowest BCUT2D eigenvalue weighted by atomic mass is 9.86. The number of fused-ring (bicyclic) bond motifs is 5. The number of hydrogen-bond donors (Lipinski definition) is 6. The number of rotatable bonds is 25. The number of ether oxygens (including phenoxy) is 2. The lowest BCUT2D eigenvalue weighted by Crippen LogP contribution is -2.56. The van der Waals surface area contributed by atoms with Crippen molar-refractivity contribution in [1.82, 2.24) is 45.7 Å². The number of hydrogen-bond acceptors (Lipinski definition) is 16. The number of aryl methyl sites for hydroxylation is 2. The quantitative estimate of drug-likeness (QED) is 0.0121. The first-order chi connectivity index (χ1) is 38.6. The molecule has 22 nitrogen and oxygen atoms in total. The number of pyridine rings is 2. The zero-order valence-corrected chi connectivity index (χ0v) is 47.5. The second kappa shape index (κ2) is 29.0. The van der Waals surface area contributed by atoms with Crippen molar-refractivity contribution in [3.63, 3.8) is 0 Å². The Morgan fingerprint density at radius 1 is 0.951 bits per heavy atom. The third-order valence-electron chi connectivity index (χ3n) is 13.7. The Labute approximate surface area is 471 Å². The summed E-state index contributed by atoms with van der Waals surface area (Å²) in [5.41, 5.74) is 1.60. The van der Waals surface area contributed by atoms with Gasteiger partial charge in [-0.25, -0.2) is 37.3 Å². The number of sulfone groups is 1. The van der Waals surface area contributed by atoms with E-state index in [1.54, 1.807) is 39.8 Å². The lowest BCUT2D eigenvalue weighted by Gasteiger charge is -2.31. The molecule has 27 heteroatoms. The molecule has 2 aliphatic rings. The van der Waals surface area contributed by atoms with Crippen molar-refractivity contribution in [3.8, 4) is 23.2 Å². The minimum Gasteiger partial charge on any atom is -0.475 e. The number of carboxylic acids is 1. The Hall–Kier alpha value is -7.41. The van der Waals surface area contributed by atoms with Gasteiger partial charge in [-0.2, -0.15) is 13.2 Å². The van der Waals surface area contributed by atoms with Gasteiger partial charge >= 0.3 is 18.1 Å². The van der Waals surface area contributed by atoms with Crippen LogP contribution in [0.15, 0.2) is 40.5 Å². The molecule has 1 aromatic carbocycles. The Balaban J connectivity index is 0.00000165. The van der Waals surface area contributed by atoms with Gasteiger partial charge in [0.2, 0.25) is 38.6 Å². The van der Waals surface area contributed by atoms with Crippen LogP contribution in [0, 0.1) is 30.5 Å². The van der Waals surface area contributed by atoms with E-state index in [9.17, 15) is 59.9 Å². The Morgan fingerprint density at radius 3 is 2.26 bits per heavy atom. The first-order valence-electron chi connectivity index (χ1n) is 26.7. The summed E-state index contributed by atoms with van der Waals surface area (Å²) in [7, 11) is -3.54. The smallest absolute Gasteiger partial charge is 0.475 e. The first-order valence-corrected chi connectivity index (χ1v) is 28.6. The Bertz CT molecular complexity index is 3250. The van der Waals surface area contributed by atoms with E-state index in [0.717, 1.165) is 43.4 Å². The van der Waals surface area contributed by atoms with Crippen LogP contribution in [0.1, 0.15) is 119 Å². The molecular formula is C55H69F4N9O13S. The molecule has 0 bridgehead atoms. The molecule has 0 radical (unpaired) electrons.